The molecule has 17 heavy (non-hydrogen) atoms. The smallest absolute Gasteiger partial charge is 0.250 e. The second-order valence-electron chi connectivity index (χ2n) is 4.90. The molecule has 1 heterocycles. The first-order valence-electron chi connectivity index (χ1n) is 6.67. The Morgan fingerprint density at radius 3 is 3.00 bits per heavy atom. The summed E-state index contributed by atoms with van der Waals surface area (Å²) in [6.07, 6.45) is 4.42. The van der Waals surface area contributed by atoms with E-state index in [1.165, 1.54) is 17.7 Å². The molecule has 0 saturated heterocycles. The predicted molar refractivity (Wildman–Crippen MR) is 70.5 cm³/mol. The van der Waals surface area contributed by atoms with Crippen LogP contribution in [0.15, 0.2) is 16.9 Å². The van der Waals surface area contributed by atoms with Gasteiger partial charge in [-0.15, -0.1) is 0 Å². The maximum absolute atomic E-state index is 11.9. The maximum atomic E-state index is 11.9. The van der Waals surface area contributed by atoms with Crippen LogP contribution in [0.25, 0.3) is 0 Å². The highest BCUT2D eigenvalue weighted by atomic mass is 16.1. The number of aromatic nitrogens is 1. The Kier molecular flexibility index (Phi) is 4.00. The van der Waals surface area contributed by atoms with E-state index < -0.39 is 0 Å². The summed E-state index contributed by atoms with van der Waals surface area (Å²) in [7, 11) is 0. The molecule has 1 aromatic rings. The SMILES string of the molecule is CCNC(C)CCn1c2c(ccc1=O)CCC2. The Balaban J connectivity index is 2.10. The summed E-state index contributed by atoms with van der Waals surface area (Å²) in [6.45, 7) is 6.12. The molecular formula is C14H22N2O. The largest absolute Gasteiger partial charge is 0.314 e. The first-order valence-corrected chi connectivity index (χ1v) is 6.67. The Morgan fingerprint density at radius 2 is 2.24 bits per heavy atom. The number of aryl methyl sites for hydroxylation is 1. The van der Waals surface area contributed by atoms with Gasteiger partial charge in [0.25, 0.3) is 5.56 Å². The van der Waals surface area contributed by atoms with Gasteiger partial charge in [0.1, 0.15) is 0 Å². The van der Waals surface area contributed by atoms with E-state index in [-0.39, 0.29) is 5.56 Å². The number of hydrogen-bond donors (Lipinski definition) is 1. The van der Waals surface area contributed by atoms with Crippen molar-refractivity contribution in [1.82, 2.24) is 9.88 Å². The molecule has 0 aliphatic heterocycles. The van der Waals surface area contributed by atoms with Crippen LogP contribution >= 0.6 is 0 Å². The average Bonchev–Trinajstić information content (AvgIpc) is 2.76. The van der Waals surface area contributed by atoms with E-state index in [0.29, 0.717) is 6.04 Å². The Bertz CT molecular complexity index is 436. The monoisotopic (exact) mass is 234 g/mol. The van der Waals surface area contributed by atoms with Gasteiger partial charge in [0.05, 0.1) is 0 Å². The van der Waals surface area contributed by atoms with Crippen LogP contribution in [0, 0.1) is 0 Å². The van der Waals surface area contributed by atoms with E-state index in [1.54, 1.807) is 6.07 Å². The predicted octanol–water partition coefficient (Wildman–Crippen LogP) is 1.73. The fourth-order valence-corrected chi connectivity index (χ4v) is 2.65. The zero-order valence-electron chi connectivity index (χ0n) is 10.8. The molecule has 0 saturated carbocycles. The van der Waals surface area contributed by atoms with Gasteiger partial charge in [-0.1, -0.05) is 13.0 Å². The fourth-order valence-electron chi connectivity index (χ4n) is 2.65. The number of nitrogens with zero attached hydrogens (tertiary/aromatic N) is 1. The fraction of sp³-hybridized carbons (Fsp3) is 0.643. The Labute approximate surface area is 103 Å². The highest BCUT2D eigenvalue weighted by molar-refractivity contribution is 5.25. The van der Waals surface area contributed by atoms with Crippen molar-refractivity contribution in [2.45, 2.75) is 52.1 Å². The van der Waals surface area contributed by atoms with E-state index in [1.807, 2.05) is 10.6 Å². The van der Waals surface area contributed by atoms with Crippen molar-refractivity contribution in [3.05, 3.63) is 33.7 Å². The quantitative estimate of drug-likeness (QED) is 0.842. The lowest BCUT2D eigenvalue weighted by molar-refractivity contribution is 0.476. The number of hydrogen-bond acceptors (Lipinski definition) is 2. The van der Waals surface area contributed by atoms with Gasteiger partial charge in [-0.25, -0.2) is 0 Å². The molecular weight excluding hydrogens is 212 g/mol. The summed E-state index contributed by atoms with van der Waals surface area (Å²) >= 11 is 0. The third-order valence-electron chi connectivity index (χ3n) is 3.59. The Morgan fingerprint density at radius 1 is 1.41 bits per heavy atom. The van der Waals surface area contributed by atoms with Crippen LogP contribution in [0.1, 0.15) is 37.9 Å². The summed E-state index contributed by atoms with van der Waals surface area (Å²) in [5.74, 6) is 0. The minimum atomic E-state index is 0.161. The van der Waals surface area contributed by atoms with E-state index in [4.69, 9.17) is 0 Å². The highest BCUT2D eigenvalue weighted by Crippen LogP contribution is 2.20. The summed E-state index contributed by atoms with van der Waals surface area (Å²) in [5.41, 5.74) is 2.82. The molecule has 0 fully saturated rings. The zero-order chi connectivity index (χ0) is 12.3. The van der Waals surface area contributed by atoms with Crippen molar-refractivity contribution in [3.8, 4) is 0 Å². The van der Waals surface area contributed by atoms with Crippen molar-refractivity contribution < 1.29 is 0 Å². The molecule has 94 valence electrons. The van der Waals surface area contributed by atoms with Gasteiger partial charge in [-0.05, 0) is 44.7 Å². The van der Waals surface area contributed by atoms with Gasteiger partial charge in [0.15, 0.2) is 0 Å². The van der Waals surface area contributed by atoms with Crippen molar-refractivity contribution in [3.63, 3.8) is 0 Å². The summed E-state index contributed by atoms with van der Waals surface area (Å²) in [5, 5.41) is 3.39. The molecule has 1 unspecified atom stereocenters. The first kappa shape index (κ1) is 12.4. The Hall–Kier alpha value is -1.09. The number of rotatable bonds is 5. The molecule has 0 aromatic carbocycles. The van der Waals surface area contributed by atoms with Crippen LogP contribution < -0.4 is 10.9 Å². The second kappa shape index (κ2) is 5.50. The van der Waals surface area contributed by atoms with Gasteiger partial charge >= 0.3 is 0 Å². The maximum Gasteiger partial charge on any atom is 0.250 e. The third-order valence-corrected chi connectivity index (χ3v) is 3.59. The van der Waals surface area contributed by atoms with Crippen LogP contribution in [-0.2, 0) is 19.4 Å². The molecule has 1 aliphatic carbocycles. The number of fused-ring (bicyclic) bond motifs is 1. The van der Waals surface area contributed by atoms with Gasteiger partial charge in [-0.3, -0.25) is 4.79 Å². The molecule has 2 rings (SSSR count). The molecule has 0 bridgehead atoms. The van der Waals surface area contributed by atoms with E-state index in [2.05, 4.69) is 19.2 Å². The lowest BCUT2D eigenvalue weighted by atomic mass is 10.2. The third kappa shape index (κ3) is 2.78. The molecule has 0 radical (unpaired) electrons. The van der Waals surface area contributed by atoms with Gasteiger partial charge in [0.2, 0.25) is 0 Å². The first-order chi connectivity index (χ1) is 8.22. The van der Waals surface area contributed by atoms with Crippen LogP contribution in [0.2, 0.25) is 0 Å². The molecule has 0 amide bonds. The minimum absolute atomic E-state index is 0.161. The van der Waals surface area contributed by atoms with Gasteiger partial charge < -0.3 is 9.88 Å². The molecule has 0 spiro atoms. The van der Waals surface area contributed by atoms with Crippen molar-refractivity contribution >= 4 is 0 Å². The molecule has 1 aliphatic rings. The molecule has 3 nitrogen and oxygen atoms in total. The molecule has 1 N–H and O–H groups in total. The summed E-state index contributed by atoms with van der Waals surface area (Å²) in [4.78, 5) is 11.9. The minimum Gasteiger partial charge on any atom is -0.314 e. The number of nitrogens with one attached hydrogen (secondary N) is 1. The topological polar surface area (TPSA) is 34.0 Å². The normalized spacial score (nSPS) is 15.9. The average molecular weight is 234 g/mol. The summed E-state index contributed by atoms with van der Waals surface area (Å²) < 4.78 is 1.98. The van der Waals surface area contributed by atoms with Crippen LogP contribution in [0.4, 0.5) is 0 Å². The van der Waals surface area contributed by atoms with Crippen LogP contribution in [0.3, 0.4) is 0 Å². The van der Waals surface area contributed by atoms with Crippen LogP contribution in [0.5, 0.6) is 0 Å². The van der Waals surface area contributed by atoms with Crippen LogP contribution in [-0.4, -0.2) is 17.2 Å². The zero-order valence-corrected chi connectivity index (χ0v) is 10.8. The molecule has 3 heteroatoms. The van der Waals surface area contributed by atoms with E-state index in [9.17, 15) is 4.79 Å². The van der Waals surface area contributed by atoms with Crippen molar-refractivity contribution in [2.75, 3.05) is 6.54 Å². The van der Waals surface area contributed by atoms with Gasteiger partial charge in [-0.2, -0.15) is 0 Å². The molecule has 1 aromatic heterocycles. The lowest BCUT2D eigenvalue weighted by Gasteiger charge is -2.16. The second-order valence-corrected chi connectivity index (χ2v) is 4.90. The standard InChI is InChI=1S/C14H22N2O/c1-3-15-11(2)9-10-16-13-6-4-5-12(13)7-8-14(16)17/h7-8,11,15H,3-6,9-10H2,1-2H3. The molecule has 1 atom stereocenters. The summed E-state index contributed by atoms with van der Waals surface area (Å²) in [6, 6.07) is 4.21. The highest BCUT2D eigenvalue weighted by Gasteiger charge is 2.15. The van der Waals surface area contributed by atoms with E-state index in [0.717, 1.165) is 32.4 Å². The van der Waals surface area contributed by atoms with Crippen molar-refractivity contribution in [2.24, 2.45) is 0 Å². The lowest BCUT2D eigenvalue weighted by Crippen LogP contribution is -2.30. The van der Waals surface area contributed by atoms with Crippen molar-refractivity contribution in [1.29, 1.82) is 0 Å². The van der Waals surface area contributed by atoms with Gasteiger partial charge in [0, 0.05) is 24.3 Å². The van der Waals surface area contributed by atoms with E-state index >= 15 is 0 Å². The number of pyridine rings is 1.